The van der Waals surface area contributed by atoms with Crippen LogP contribution in [0, 0.1) is 17.3 Å². The van der Waals surface area contributed by atoms with Gasteiger partial charge in [0.2, 0.25) is 0 Å². The van der Waals surface area contributed by atoms with Crippen molar-refractivity contribution in [3.05, 3.63) is 0 Å². The van der Waals surface area contributed by atoms with Crippen LogP contribution in [-0.2, 0) is 4.74 Å². The molecule has 3 aliphatic carbocycles. The zero-order valence-electron chi connectivity index (χ0n) is 9.36. The summed E-state index contributed by atoms with van der Waals surface area (Å²) in [6.45, 7) is 0. The van der Waals surface area contributed by atoms with Gasteiger partial charge < -0.3 is 15.6 Å². The largest absolute Gasteiger partial charge is 0.390 e. The van der Waals surface area contributed by atoms with Crippen molar-refractivity contribution in [2.24, 2.45) is 23.0 Å². The topological polar surface area (TPSA) is 55.5 Å². The molecular formula is C12H21NO2. The molecule has 0 aromatic carbocycles. The van der Waals surface area contributed by atoms with Gasteiger partial charge in [-0.1, -0.05) is 0 Å². The molecule has 3 rings (SSSR count). The van der Waals surface area contributed by atoms with Gasteiger partial charge in [0, 0.05) is 13.2 Å². The lowest BCUT2D eigenvalue weighted by Gasteiger charge is -2.39. The monoisotopic (exact) mass is 211 g/mol. The van der Waals surface area contributed by atoms with Crippen molar-refractivity contribution in [2.75, 3.05) is 7.11 Å². The Morgan fingerprint density at radius 2 is 2.13 bits per heavy atom. The first-order valence-corrected chi connectivity index (χ1v) is 6.14. The van der Waals surface area contributed by atoms with Crippen LogP contribution in [-0.4, -0.2) is 30.5 Å². The molecule has 3 heteroatoms. The molecule has 3 aliphatic rings. The Kier molecular flexibility index (Phi) is 2.14. The van der Waals surface area contributed by atoms with Crippen molar-refractivity contribution in [2.45, 2.75) is 50.4 Å². The molecule has 0 unspecified atom stereocenters. The minimum absolute atomic E-state index is 0.0235. The second kappa shape index (κ2) is 3.19. The normalized spacial score (nSPS) is 58.2. The predicted octanol–water partition coefficient (Wildman–Crippen LogP) is 0.900. The molecule has 0 aromatic rings. The Morgan fingerprint density at radius 3 is 2.67 bits per heavy atom. The predicted molar refractivity (Wildman–Crippen MR) is 57.3 cm³/mol. The fourth-order valence-corrected chi connectivity index (χ4v) is 4.57. The summed E-state index contributed by atoms with van der Waals surface area (Å²) in [7, 11) is 1.70. The van der Waals surface area contributed by atoms with Gasteiger partial charge in [0.15, 0.2) is 0 Å². The number of aliphatic hydroxyl groups excluding tert-OH is 1. The zero-order valence-corrected chi connectivity index (χ0v) is 9.36. The highest BCUT2D eigenvalue weighted by molar-refractivity contribution is 5.13. The van der Waals surface area contributed by atoms with E-state index in [1.165, 1.54) is 19.3 Å². The fraction of sp³-hybridized carbons (Fsp3) is 1.00. The molecule has 3 nitrogen and oxygen atoms in total. The third-order valence-corrected chi connectivity index (χ3v) is 5.36. The lowest BCUT2D eigenvalue weighted by atomic mass is 9.69. The summed E-state index contributed by atoms with van der Waals surface area (Å²) in [6.07, 6.45) is 5.50. The fourth-order valence-electron chi connectivity index (χ4n) is 4.57. The van der Waals surface area contributed by atoms with Crippen LogP contribution in [0.15, 0.2) is 0 Å². The van der Waals surface area contributed by atoms with Crippen molar-refractivity contribution >= 4 is 0 Å². The summed E-state index contributed by atoms with van der Waals surface area (Å²) in [5.41, 5.74) is 6.58. The van der Waals surface area contributed by atoms with E-state index in [1.54, 1.807) is 7.11 Å². The maximum absolute atomic E-state index is 9.98. The number of aliphatic hydroxyl groups is 1. The van der Waals surface area contributed by atoms with Crippen LogP contribution in [0.1, 0.15) is 32.1 Å². The second-order valence-electron chi connectivity index (χ2n) is 5.78. The van der Waals surface area contributed by atoms with Gasteiger partial charge >= 0.3 is 0 Å². The van der Waals surface area contributed by atoms with Crippen LogP contribution in [0.4, 0.5) is 0 Å². The van der Waals surface area contributed by atoms with E-state index in [2.05, 4.69) is 0 Å². The van der Waals surface area contributed by atoms with Crippen molar-refractivity contribution in [1.82, 2.24) is 0 Å². The average Bonchev–Trinajstić information content (AvgIpc) is 2.85. The summed E-state index contributed by atoms with van der Waals surface area (Å²) in [5, 5.41) is 9.98. The van der Waals surface area contributed by atoms with Gasteiger partial charge in [-0.15, -0.1) is 0 Å². The highest BCUT2D eigenvalue weighted by Crippen LogP contribution is 2.62. The van der Waals surface area contributed by atoms with E-state index in [-0.39, 0.29) is 17.6 Å². The second-order valence-corrected chi connectivity index (χ2v) is 5.78. The molecule has 0 radical (unpaired) electrons. The van der Waals surface area contributed by atoms with Gasteiger partial charge in [0.25, 0.3) is 0 Å². The summed E-state index contributed by atoms with van der Waals surface area (Å²) in [5.74, 6) is 1.48. The third-order valence-electron chi connectivity index (χ3n) is 5.36. The molecule has 15 heavy (non-hydrogen) atoms. The summed E-state index contributed by atoms with van der Waals surface area (Å²) in [6, 6.07) is 0.311. The lowest BCUT2D eigenvalue weighted by molar-refractivity contribution is 0.00927. The van der Waals surface area contributed by atoms with Crippen molar-refractivity contribution in [3.8, 4) is 0 Å². The standard InChI is InChI=1S/C12H21NO2/c1-15-10-6-12(5-9(10)14)8-3-2-7(4-8)11(12)13/h7-11,14H,2-6,13H2,1H3/t7-,8+,9-,10-,11+,12+/m0/s1. The first-order chi connectivity index (χ1) is 7.17. The van der Waals surface area contributed by atoms with Gasteiger partial charge in [0.05, 0.1) is 12.2 Å². The number of hydrogen-bond acceptors (Lipinski definition) is 3. The van der Waals surface area contributed by atoms with Gasteiger partial charge in [-0.3, -0.25) is 0 Å². The van der Waals surface area contributed by atoms with Crippen molar-refractivity contribution in [3.63, 3.8) is 0 Å². The first-order valence-electron chi connectivity index (χ1n) is 6.14. The Labute approximate surface area is 91.0 Å². The van der Waals surface area contributed by atoms with Gasteiger partial charge in [-0.2, -0.15) is 0 Å². The highest BCUT2D eigenvalue weighted by Gasteiger charge is 2.61. The smallest absolute Gasteiger partial charge is 0.0836 e. The van der Waals surface area contributed by atoms with Gasteiger partial charge in [-0.25, -0.2) is 0 Å². The molecule has 2 bridgehead atoms. The lowest BCUT2D eigenvalue weighted by Crippen LogP contribution is -2.45. The van der Waals surface area contributed by atoms with Gasteiger partial charge in [-0.05, 0) is 49.4 Å². The van der Waals surface area contributed by atoms with Crippen molar-refractivity contribution < 1.29 is 9.84 Å². The molecule has 3 N–H and O–H groups in total. The van der Waals surface area contributed by atoms with E-state index in [4.69, 9.17) is 10.5 Å². The number of ether oxygens (including phenoxy) is 1. The van der Waals surface area contributed by atoms with E-state index >= 15 is 0 Å². The van der Waals surface area contributed by atoms with Gasteiger partial charge in [0.1, 0.15) is 0 Å². The Hall–Kier alpha value is -0.120. The molecule has 0 aromatic heterocycles. The molecule has 3 fully saturated rings. The molecule has 0 aliphatic heterocycles. The van der Waals surface area contributed by atoms with E-state index in [0.717, 1.165) is 24.7 Å². The number of methoxy groups -OCH3 is 1. The molecule has 0 amide bonds. The van der Waals surface area contributed by atoms with E-state index in [9.17, 15) is 5.11 Å². The minimum atomic E-state index is -0.291. The quantitative estimate of drug-likeness (QED) is 0.677. The summed E-state index contributed by atoms with van der Waals surface area (Å²) >= 11 is 0. The zero-order chi connectivity index (χ0) is 10.6. The number of hydrogen-bond donors (Lipinski definition) is 2. The third kappa shape index (κ3) is 1.17. The molecule has 0 heterocycles. The molecule has 0 saturated heterocycles. The molecule has 86 valence electrons. The van der Waals surface area contributed by atoms with Crippen LogP contribution in [0.5, 0.6) is 0 Å². The van der Waals surface area contributed by atoms with E-state index in [1.807, 2.05) is 0 Å². The van der Waals surface area contributed by atoms with Crippen LogP contribution in [0.2, 0.25) is 0 Å². The van der Waals surface area contributed by atoms with Crippen LogP contribution in [0.3, 0.4) is 0 Å². The minimum Gasteiger partial charge on any atom is -0.390 e. The van der Waals surface area contributed by atoms with E-state index < -0.39 is 0 Å². The van der Waals surface area contributed by atoms with Crippen LogP contribution < -0.4 is 5.73 Å². The van der Waals surface area contributed by atoms with Crippen LogP contribution in [0.25, 0.3) is 0 Å². The highest BCUT2D eigenvalue weighted by atomic mass is 16.5. The summed E-state index contributed by atoms with van der Waals surface area (Å²) in [4.78, 5) is 0. The maximum atomic E-state index is 9.98. The first kappa shape index (κ1) is 10.1. The van der Waals surface area contributed by atoms with Crippen LogP contribution >= 0.6 is 0 Å². The number of nitrogens with two attached hydrogens (primary N) is 1. The average molecular weight is 211 g/mol. The number of rotatable bonds is 1. The SMILES string of the molecule is CO[C@H]1C[C@]2(C[C@@H]1O)[C@@H]1CC[C@@H](C1)[C@H]2N. The number of fused-ring (bicyclic) bond motifs is 3. The maximum Gasteiger partial charge on any atom is 0.0836 e. The Bertz CT molecular complexity index is 266. The summed E-state index contributed by atoms with van der Waals surface area (Å²) < 4.78 is 5.36. The molecular weight excluding hydrogens is 190 g/mol. The Balaban J connectivity index is 1.86. The van der Waals surface area contributed by atoms with Crippen molar-refractivity contribution in [1.29, 1.82) is 0 Å². The molecule has 3 saturated carbocycles. The Morgan fingerprint density at radius 1 is 1.33 bits per heavy atom. The molecule has 6 atom stereocenters. The molecule has 1 spiro atoms. The van der Waals surface area contributed by atoms with E-state index in [0.29, 0.717) is 6.04 Å².